The third-order valence-electron chi connectivity index (χ3n) is 9.33. The van der Waals surface area contributed by atoms with E-state index in [2.05, 4.69) is 44.3 Å². The SMILES string of the molecule is COc1cccc(Cl)c1-c1ccccc1C1(C)CCC(C(C)C)C(c2c3c(n(CC(=O)O)c2C)CCNC3=O)C1. The summed E-state index contributed by atoms with van der Waals surface area (Å²) in [5, 5.41) is 13.4. The van der Waals surface area contributed by atoms with Gasteiger partial charge in [0, 0.05) is 29.9 Å². The van der Waals surface area contributed by atoms with Crippen molar-refractivity contribution in [3.8, 4) is 16.9 Å². The number of halogens is 1. The first kappa shape index (κ1) is 28.3. The van der Waals surface area contributed by atoms with Crippen LogP contribution in [0.3, 0.4) is 0 Å². The molecule has 1 aromatic heterocycles. The number of methoxy groups -OCH3 is 1. The summed E-state index contributed by atoms with van der Waals surface area (Å²) in [6, 6.07) is 14.2. The van der Waals surface area contributed by atoms with Gasteiger partial charge in [0.05, 0.1) is 17.7 Å². The largest absolute Gasteiger partial charge is 0.496 e. The number of carbonyl (C=O) groups excluding carboxylic acids is 1. The number of carbonyl (C=O) groups is 2. The van der Waals surface area contributed by atoms with Crippen molar-refractivity contribution >= 4 is 23.5 Å². The fraction of sp³-hybridized carbons (Fsp3) is 0.455. The van der Waals surface area contributed by atoms with E-state index in [9.17, 15) is 14.7 Å². The van der Waals surface area contributed by atoms with Crippen molar-refractivity contribution in [1.82, 2.24) is 9.88 Å². The van der Waals surface area contributed by atoms with Gasteiger partial charge in [-0.2, -0.15) is 0 Å². The lowest BCUT2D eigenvalue weighted by molar-refractivity contribution is -0.137. The first-order valence-electron chi connectivity index (χ1n) is 14.2. The first-order chi connectivity index (χ1) is 19.1. The van der Waals surface area contributed by atoms with Crippen molar-refractivity contribution in [2.24, 2.45) is 11.8 Å². The van der Waals surface area contributed by atoms with E-state index in [0.717, 1.165) is 53.1 Å². The van der Waals surface area contributed by atoms with Gasteiger partial charge in [0.25, 0.3) is 5.91 Å². The molecule has 3 atom stereocenters. The van der Waals surface area contributed by atoms with Gasteiger partial charge in [-0.15, -0.1) is 0 Å². The second-order valence-corrected chi connectivity index (χ2v) is 12.4. The summed E-state index contributed by atoms with van der Waals surface area (Å²) in [6.07, 6.45) is 3.49. The van der Waals surface area contributed by atoms with Crippen LogP contribution in [0, 0.1) is 18.8 Å². The Labute approximate surface area is 241 Å². The highest BCUT2D eigenvalue weighted by Crippen LogP contribution is 2.55. The number of aliphatic carboxylic acids is 1. The zero-order chi connectivity index (χ0) is 28.8. The normalized spacial score (nSPS) is 22.6. The molecule has 3 unspecified atom stereocenters. The summed E-state index contributed by atoms with van der Waals surface area (Å²) in [5.41, 5.74) is 6.48. The molecule has 7 heteroatoms. The summed E-state index contributed by atoms with van der Waals surface area (Å²) in [7, 11) is 1.67. The van der Waals surface area contributed by atoms with Gasteiger partial charge in [-0.25, -0.2) is 0 Å². The Bertz CT molecular complexity index is 1460. The number of benzene rings is 2. The van der Waals surface area contributed by atoms with Crippen molar-refractivity contribution in [2.45, 2.75) is 71.3 Å². The van der Waals surface area contributed by atoms with Crippen LogP contribution in [0.15, 0.2) is 42.5 Å². The Morgan fingerprint density at radius 3 is 2.65 bits per heavy atom. The lowest BCUT2D eigenvalue weighted by Crippen LogP contribution is -2.38. The average molecular weight is 563 g/mol. The van der Waals surface area contributed by atoms with E-state index in [0.29, 0.717) is 35.4 Å². The molecular weight excluding hydrogens is 524 g/mol. The number of carboxylic acids is 1. The summed E-state index contributed by atoms with van der Waals surface area (Å²) in [4.78, 5) is 25.2. The van der Waals surface area contributed by atoms with E-state index < -0.39 is 5.97 Å². The molecule has 1 aliphatic heterocycles. The predicted molar refractivity (Wildman–Crippen MR) is 159 cm³/mol. The van der Waals surface area contributed by atoms with Crippen LogP contribution in [-0.4, -0.2) is 35.2 Å². The minimum Gasteiger partial charge on any atom is -0.496 e. The van der Waals surface area contributed by atoms with E-state index in [1.165, 1.54) is 5.56 Å². The highest BCUT2D eigenvalue weighted by molar-refractivity contribution is 6.33. The van der Waals surface area contributed by atoms with Crippen molar-refractivity contribution in [2.75, 3.05) is 13.7 Å². The summed E-state index contributed by atoms with van der Waals surface area (Å²) < 4.78 is 7.61. The maximum atomic E-state index is 13.4. The average Bonchev–Trinajstić information content (AvgIpc) is 3.20. The molecule has 6 nitrogen and oxygen atoms in total. The minimum absolute atomic E-state index is 0.0838. The Morgan fingerprint density at radius 2 is 1.95 bits per heavy atom. The molecule has 1 amide bonds. The lowest BCUT2D eigenvalue weighted by Gasteiger charge is -2.46. The molecule has 1 saturated carbocycles. The monoisotopic (exact) mass is 562 g/mol. The van der Waals surface area contributed by atoms with E-state index >= 15 is 0 Å². The maximum Gasteiger partial charge on any atom is 0.323 e. The van der Waals surface area contributed by atoms with Crippen LogP contribution in [0.25, 0.3) is 11.1 Å². The second kappa shape index (κ2) is 11.0. The topological polar surface area (TPSA) is 80.6 Å². The molecule has 1 aliphatic carbocycles. The van der Waals surface area contributed by atoms with Gasteiger partial charge in [0.1, 0.15) is 12.3 Å². The smallest absolute Gasteiger partial charge is 0.323 e. The zero-order valence-corrected chi connectivity index (χ0v) is 24.8. The molecule has 2 aromatic carbocycles. The second-order valence-electron chi connectivity index (χ2n) is 12.0. The first-order valence-corrected chi connectivity index (χ1v) is 14.6. The Kier molecular flexibility index (Phi) is 7.75. The summed E-state index contributed by atoms with van der Waals surface area (Å²) in [5.74, 6) is 0.650. The van der Waals surface area contributed by atoms with Crippen LogP contribution in [0.2, 0.25) is 5.02 Å². The molecular formula is C33H39ClN2O4. The van der Waals surface area contributed by atoms with E-state index in [1.54, 1.807) is 7.11 Å². The molecule has 0 spiro atoms. The van der Waals surface area contributed by atoms with Gasteiger partial charge >= 0.3 is 5.97 Å². The van der Waals surface area contributed by atoms with Gasteiger partial charge in [-0.3, -0.25) is 9.59 Å². The van der Waals surface area contributed by atoms with Crippen molar-refractivity contribution in [3.05, 3.63) is 75.6 Å². The minimum atomic E-state index is -0.894. The van der Waals surface area contributed by atoms with Crippen LogP contribution < -0.4 is 10.1 Å². The van der Waals surface area contributed by atoms with Crippen LogP contribution >= 0.6 is 11.6 Å². The number of carboxylic acid groups (broad SMARTS) is 1. The number of amides is 1. The molecule has 0 bridgehead atoms. The third kappa shape index (κ3) is 4.81. The number of nitrogens with one attached hydrogen (secondary N) is 1. The molecule has 40 heavy (non-hydrogen) atoms. The third-order valence-corrected chi connectivity index (χ3v) is 9.65. The van der Waals surface area contributed by atoms with Crippen molar-refractivity contribution in [1.29, 1.82) is 0 Å². The van der Waals surface area contributed by atoms with Gasteiger partial charge in [-0.1, -0.05) is 62.7 Å². The highest BCUT2D eigenvalue weighted by atomic mass is 35.5. The molecule has 2 N–H and O–H groups in total. The molecule has 2 aliphatic rings. The zero-order valence-electron chi connectivity index (χ0n) is 24.0. The molecule has 212 valence electrons. The quantitative estimate of drug-likeness (QED) is 0.325. The van der Waals surface area contributed by atoms with Crippen LogP contribution in [0.5, 0.6) is 5.75 Å². The fourth-order valence-corrected chi connectivity index (χ4v) is 7.73. The number of fused-ring (bicyclic) bond motifs is 1. The number of hydrogen-bond donors (Lipinski definition) is 2. The number of nitrogens with zero attached hydrogens (tertiary/aromatic N) is 1. The van der Waals surface area contributed by atoms with Gasteiger partial charge in [0.2, 0.25) is 0 Å². The molecule has 2 heterocycles. The highest BCUT2D eigenvalue weighted by Gasteiger charge is 2.45. The maximum absolute atomic E-state index is 13.4. The van der Waals surface area contributed by atoms with Crippen LogP contribution in [-0.2, 0) is 23.2 Å². The number of aromatic nitrogens is 1. The van der Waals surface area contributed by atoms with E-state index in [-0.39, 0.29) is 23.8 Å². The van der Waals surface area contributed by atoms with Gasteiger partial charge in [0.15, 0.2) is 0 Å². The Hall–Kier alpha value is -3.25. The Morgan fingerprint density at radius 1 is 1.20 bits per heavy atom. The fourth-order valence-electron chi connectivity index (χ4n) is 7.47. The van der Waals surface area contributed by atoms with Crippen LogP contribution in [0.1, 0.15) is 78.8 Å². The summed E-state index contributed by atoms with van der Waals surface area (Å²) >= 11 is 6.77. The van der Waals surface area contributed by atoms with E-state index in [4.69, 9.17) is 16.3 Å². The number of hydrogen-bond acceptors (Lipinski definition) is 3. The molecule has 0 saturated heterocycles. The number of ether oxygens (including phenoxy) is 1. The molecule has 1 fully saturated rings. The van der Waals surface area contributed by atoms with Gasteiger partial charge in [-0.05, 0) is 78.2 Å². The standard InChI is InChI=1S/C33H39ClN2O4/c1-19(2)21-13-15-33(4,24-10-7-6-9-22(24)30-25(34)11-8-12-27(30)40-5)17-23(21)29-20(3)36(18-28(37)38)26-14-16-35-32(39)31(26)29/h6-12,19,21,23H,13-18H2,1-5H3,(H,35,39)(H,37,38). The predicted octanol–water partition coefficient (Wildman–Crippen LogP) is 6.99. The molecule has 3 aromatic rings. The van der Waals surface area contributed by atoms with Crippen molar-refractivity contribution in [3.63, 3.8) is 0 Å². The molecule has 5 rings (SSSR count). The Balaban J connectivity index is 1.67. The lowest BCUT2D eigenvalue weighted by atomic mass is 9.58. The van der Waals surface area contributed by atoms with Crippen LogP contribution in [0.4, 0.5) is 0 Å². The summed E-state index contributed by atoms with van der Waals surface area (Å²) in [6.45, 7) is 9.24. The van der Waals surface area contributed by atoms with Crippen molar-refractivity contribution < 1.29 is 19.4 Å². The van der Waals surface area contributed by atoms with Gasteiger partial charge < -0.3 is 19.7 Å². The molecule has 0 radical (unpaired) electrons. The van der Waals surface area contributed by atoms with E-state index in [1.807, 2.05) is 35.8 Å². The number of rotatable bonds is 7.